The maximum atomic E-state index is 13.8. The molecule has 1 unspecified atom stereocenters. The lowest BCUT2D eigenvalue weighted by Crippen LogP contribution is -2.57. The fraction of sp³-hybridized carbons (Fsp3) is 0.571. The number of aliphatic hydroxyl groups excluding tert-OH is 1. The van der Waals surface area contributed by atoms with E-state index in [9.17, 15) is 18.3 Å². The van der Waals surface area contributed by atoms with Crippen LogP contribution in [0.4, 0.5) is 5.69 Å². The summed E-state index contributed by atoms with van der Waals surface area (Å²) in [6.45, 7) is 3.72. The number of carbonyl (C=O) groups is 1. The number of nitrogens with one attached hydrogen (secondary N) is 1. The molecule has 0 radical (unpaired) electrons. The van der Waals surface area contributed by atoms with Crippen molar-refractivity contribution < 1.29 is 27.8 Å². The van der Waals surface area contributed by atoms with Crippen molar-refractivity contribution in [2.24, 2.45) is 11.8 Å². The number of aryl methyl sites for hydroxylation is 1. The van der Waals surface area contributed by atoms with E-state index in [0.717, 1.165) is 42.8 Å². The lowest BCUT2D eigenvalue weighted by atomic mass is 9.68. The van der Waals surface area contributed by atoms with Crippen LogP contribution in [0.25, 0.3) is 0 Å². The van der Waals surface area contributed by atoms with Gasteiger partial charge in [-0.3, -0.25) is 4.79 Å². The molecule has 1 amide bonds. The molecule has 2 heterocycles. The van der Waals surface area contributed by atoms with Gasteiger partial charge in [-0.25, -0.2) is 4.72 Å². The standard InChI is InChI=1S/C35H44ClN3O6S/c1-22-5-3-7-32(40)29-11-8-25(29)19-38-20-35(14-4-6-23-15-26(36)10-12-30(23)35)21-45-33-13-9-24(16-31(33)38)34(41)37-46(42,43)39(22)27-17-28(18-27)44-2/h3,7,9-10,12-13,15-16,22,25,27-29,32,40H,4-6,8,11,14,17-21H2,1-2H3,(H,37,41)/b7-3+/t22?,25-,27?,28?,29+,32-,35-/m0/s1. The number of nitrogens with zero attached hydrogens (tertiary/aromatic N) is 2. The van der Waals surface area contributed by atoms with E-state index in [2.05, 4.69) is 21.8 Å². The molecule has 11 heteroatoms. The summed E-state index contributed by atoms with van der Waals surface area (Å²) in [5, 5.41) is 12.0. The number of methoxy groups -OCH3 is 1. The molecule has 2 saturated carbocycles. The Balaban J connectivity index is 1.27. The van der Waals surface area contributed by atoms with Crippen molar-refractivity contribution in [2.45, 2.75) is 88.0 Å². The van der Waals surface area contributed by atoms with Crippen LogP contribution in [-0.2, 0) is 26.8 Å². The number of carbonyl (C=O) groups excluding carboxylic acids is 1. The van der Waals surface area contributed by atoms with Crippen LogP contribution in [0.5, 0.6) is 5.75 Å². The number of hydrogen-bond acceptors (Lipinski definition) is 7. The van der Waals surface area contributed by atoms with Crippen LogP contribution in [0.2, 0.25) is 5.02 Å². The molecule has 2 bridgehead atoms. The van der Waals surface area contributed by atoms with Gasteiger partial charge in [0.2, 0.25) is 0 Å². The minimum absolute atomic E-state index is 0.0108. The van der Waals surface area contributed by atoms with Crippen molar-refractivity contribution in [2.75, 3.05) is 31.7 Å². The van der Waals surface area contributed by atoms with Crippen molar-refractivity contribution >= 4 is 33.4 Å². The van der Waals surface area contributed by atoms with Crippen LogP contribution in [0.15, 0.2) is 48.6 Å². The molecule has 2 aromatic carbocycles. The highest BCUT2D eigenvalue weighted by Crippen LogP contribution is 2.47. The van der Waals surface area contributed by atoms with Gasteiger partial charge in [-0.05, 0) is 112 Å². The number of aliphatic hydroxyl groups is 1. The van der Waals surface area contributed by atoms with Gasteiger partial charge >= 0.3 is 10.2 Å². The van der Waals surface area contributed by atoms with E-state index in [-0.39, 0.29) is 35.0 Å². The molecule has 2 aliphatic heterocycles. The molecule has 2 N–H and O–H groups in total. The Labute approximate surface area is 277 Å². The maximum absolute atomic E-state index is 13.8. The molecule has 9 nitrogen and oxygen atoms in total. The van der Waals surface area contributed by atoms with Crippen LogP contribution in [-0.4, -0.2) is 74.8 Å². The summed E-state index contributed by atoms with van der Waals surface area (Å²) in [5.74, 6) is 0.362. The van der Waals surface area contributed by atoms with Crippen molar-refractivity contribution in [1.82, 2.24) is 9.03 Å². The SMILES string of the molecule is COC1CC(N2C(C)C/C=C/[C@H](O)[C@@H]3CC[C@H]3CN3C[C@@]4(CCCc5cc(Cl)ccc54)COc4ccc(cc43)C(=O)NS2(=O)=O)C1. The third-order valence-electron chi connectivity index (χ3n) is 11.2. The van der Waals surface area contributed by atoms with Crippen molar-refractivity contribution in [3.8, 4) is 5.75 Å². The molecule has 0 aromatic heterocycles. The zero-order valence-electron chi connectivity index (χ0n) is 26.5. The average Bonchev–Trinajstić information content (AvgIpc) is 3.12. The molecule has 5 aliphatic rings. The summed E-state index contributed by atoms with van der Waals surface area (Å²) in [7, 11) is -2.56. The number of hydrogen-bond donors (Lipinski definition) is 2. The Kier molecular flexibility index (Phi) is 8.63. The Bertz CT molecular complexity index is 1630. The Morgan fingerprint density at radius 1 is 1.15 bits per heavy atom. The molecule has 3 aliphatic carbocycles. The zero-order valence-corrected chi connectivity index (χ0v) is 28.1. The van der Waals surface area contributed by atoms with E-state index in [0.29, 0.717) is 44.7 Å². The summed E-state index contributed by atoms with van der Waals surface area (Å²) >= 11 is 6.41. The summed E-state index contributed by atoms with van der Waals surface area (Å²) in [6, 6.07) is 10.7. The van der Waals surface area contributed by atoms with Crippen LogP contribution >= 0.6 is 11.6 Å². The monoisotopic (exact) mass is 669 g/mol. The van der Waals surface area contributed by atoms with Crippen molar-refractivity contribution in [3.05, 3.63) is 70.3 Å². The maximum Gasteiger partial charge on any atom is 0.304 e. The first-order chi connectivity index (χ1) is 22.1. The molecular formula is C35H44ClN3O6S. The number of halogens is 1. The minimum atomic E-state index is -4.19. The summed E-state index contributed by atoms with van der Waals surface area (Å²) < 4.78 is 43.5. The van der Waals surface area contributed by atoms with Crippen molar-refractivity contribution in [3.63, 3.8) is 0 Å². The van der Waals surface area contributed by atoms with E-state index in [1.54, 1.807) is 25.3 Å². The fourth-order valence-electron chi connectivity index (χ4n) is 8.43. The van der Waals surface area contributed by atoms with E-state index in [4.69, 9.17) is 21.1 Å². The van der Waals surface area contributed by atoms with Gasteiger partial charge in [0.05, 0.1) is 24.5 Å². The smallest absolute Gasteiger partial charge is 0.304 e. The second-order valence-corrected chi connectivity index (χ2v) is 16.1. The molecule has 46 heavy (non-hydrogen) atoms. The largest absolute Gasteiger partial charge is 0.490 e. The Morgan fingerprint density at radius 2 is 1.98 bits per heavy atom. The summed E-state index contributed by atoms with van der Waals surface area (Å²) in [6.07, 6.45) is 9.52. The van der Waals surface area contributed by atoms with Crippen LogP contribution in [0.1, 0.15) is 73.4 Å². The number of fused-ring (bicyclic) bond motifs is 4. The highest BCUT2D eigenvalue weighted by molar-refractivity contribution is 7.87. The topological polar surface area (TPSA) is 108 Å². The molecule has 2 aromatic rings. The van der Waals surface area contributed by atoms with Crippen molar-refractivity contribution in [1.29, 1.82) is 0 Å². The van der Waals surface area contributed by atoms with E-state index in [1.807, 2.05) is 25.1 Å². The Morgan fingerprint density at radius 3 is 2.74 bits per heavy atom. The first-order valence-electron chi connectivity index (χ1n) is 16.6. The highest BCUT2D eigenvalue weighted by atomic mass is 35.5. The van der Waals surface area contributed by atoms with Crippen LogP contribution in [0.3, 0.4) is 0 Å². The predicted octanol–water partition coefficient (Wildman–Crippen LogP) is 5.00. The van der Waals surface area contributed by atoms with Gasteiger partial charge in [-0.2, -0.15) is 12.7 Å². The molecule has 7 rings (SSSR count). The number of ether oxygens (including phenoxy) is 2. The number of amides is 1. The number of benzene rings is 2. The number of anilines is 1. The van der Waals surface area contributed by atoms with Gasteiger partial charge in [0, 0.05) is 48.3 Å². The zero-order chi connectivity index (χ0) is 32.2. The highest BCUT2D eigenvalue weighted by Gasteiger charge is 2.45. The van der Waals surface area contributed by atoms with E-state index >= 15 is 0 Å². The quantitative estimate of drug-likeness (QED) is 0.433. The molecule has 5 atom stereocenters. The molecular weight excluding hydrogens is 626 g/mol. The van der Waals surface area contributed by atoms with Gasteiger partial charge in [-0.1, -0.05) is 29.8 Å². The lowest BCUT2D eigenvalue weighted by molar-refractivity contribution is -0.0110. The minimum Gasteiger partial charge on any atom is -0.490 e. The first-order valence-corrected chi connectivity index (χ1v) is 18.4. The Hall–Kier alpha value is -2.63. The van der Waals surface area contributed by atoms with Crippen LogP contribution < -0.4 is 14.4 Å². The summed E-state index contributed by atoms with van der Waals surface area (Å²) in [5.41, 5.74) is 3.26. The van der Waals surface area contributed by atoms with Gasteiger partial charge in [0.1, 0.15) is 5.75 Å². The predicted molar refractivity (Wildman–Crippen MR) is 178 cm³/mol. The average molecular weight is 670 g/mol. The second-order valence-electron chi connectivity index (χ2n) is 14.0. The lowest BCUT2D eigenvalue weighted by Gasteiger charge is -2.45. The van der Waals surface area contributed by atoms with E-state index in [1.165, 1.54) is 15.4 Å². The fourth-order valence-corrected chi connectivity index (χ4v) is 10.2. The van der Waals surface area contributed by atoms with E-state index < -0.39 is 28.3 Å². The number of rotatable bonds is 2. The van der Waals surface area contributed by atoms with Gasteiger partial charge in [0.25, 0.3) is 5.91 Å². The summed E-state index contributed by atoms with van der Waals surface area (Å²) in [4.78, 5) is 16.0. The molecule has 1 spiro atoms. The molecule has 2 fully saturated rings. The van der Waals surface area contributed by atoms with Gasteiger partial charge < -0.3 is 19.5 Å². The van der Waals surface area contributed by atoms with Gasteiger partial charge in [-0.15, -0.1) is 0 Å². The molecule has 248 valence electrons. The normalized spacial score (nSPS) is 35.0. The van der Waals surface area contributed by atoms with Gasteiger partial charge in [0.15, 0.2) is 0 Å². The second kappa shape index (κ2) is 12.4. The first kappa shape index (κ1) is 31.9. The third-order valence-corrected chi connectivity index (χ3v) is 13.1. The third kappa shape index (κ3) is 5.85. The van der Waals surface area contributed by atoms with Crippen LogP contribution in [0, 0.1) is 11.8 Å². The molecule has 0 saturated heterocycles.